The van der Waals surface area contributed by atoms with Gasteiger partial charge in [0.2, 0.25) is 5.91 Å². The molecule has 6 heteroatoms. The van der Waals surface area contributed by atoms with E-state index in [1.807, 2.05) is 36.4 Å². The molecule has 6 nitrogen and oxygen atoms in total. The van der Waals surface area contributed by atoms with Crippen molar-refractivity contribution in [1.29, 1.82) is 0 Å². The zero-order valence-corrected chi connectivity index (χ0v) is 17.9. The van der Waals surface area contributed by atoms with E-state index in [0.717, 1.165) is 22.3 Å². The van der Waals surface area contributed by atoms with Crippen LogP contribution in [0.3, 0.4) is 0 Å². The summed E-state index contributed by atoms with van der Waals surface area (Å²) in [6.45, 7) is 5.30. The number of aldehydes is 1. The van der Waals surface area contributed by atoms with Gasteiger partial charge >= 0.3 is 6.09 Å². The zero-order chi connectivity index (χ0) is 22.2. The van der Waals surface area contributed by atoms with Gasteiger partial charge < -0.3 is 9.53 Å². The van der Waals surface area contributed by atoms with Crippen molar-refractivity contribution in [2.45, 2.75) is 50.5 Å². The minimum Gasteiger partial charge on any atom is -0.443 e. The number of benzene rings is 1. The lowest BCUT2D eigenvalue weighted by Gasteiger charge is -2.43. The fraction of sp³-hybridized carbons (Fsp3) is 0.360. The number of anilines is 1. The first kappa shape index (κ1) is 21.0. The van der Waals surface area contributed by atoms with E-state index in [2.05, 4.69) is 4.98 Å². The fourth-order valence-corrected chi connectivity index (χ4v) is 4.94. The van der Waals surface area contributed by atoms with E-state index in [0.29, 0.717) is 12.1 Å². The third kappa shape index (κ3) is 3.36. The van der Waals surface area contributed by atoms with Gasteiger partial charge in [-0.25, -0.2) is 9.69 Å². The number of aromatic nitrogens is 1. The minimum absolute atomic E-state index is 0.176. The van der Waals surface area contributed by atoms with E-state index in [4.69, 9.17) is 4.74 Å². The lowest BCUT2D eigenvalue weighted by atomic mass is 9.57. The van der Waals surface area contributed by atoms with E-state index in [1.54, 1.807) is 45.3 Å². The van der Waals surface area contributed by atoms with Gasteiger partial charge in [0.25, 0.3) is 0 Å². The highest BCUT2D eigenvalue weighted by molar-refractivity contribution is 6.22. The van der Waals surface area contributed by atoms with Crippen LogP contribution in [0.4, 0.5) is 10.5 Å². The molecule has 2 aliphatic rings. The highest BCUT2D eigenvalue weighted by Crippen LogP contribution is 2.58. The van der Waals surface area contributed by atoms with Crippen LogP contribution in [0.25, 0.3) is 0 Å². The number of imide groups is 1. The topological polar surface area (TPSA) is 76.6 Å². The number of carbonyl (C=O) groups excluding carboxylic acids is 3. The third-order valence-electron chi connectivity index (χ3n) is 6.04. The summed E-state index contributed by atoms with van der Waals surface area (Å²) in [6, 6.07) is 11.1. The predicted molar refractivity (Wildman–Crippen MR) is 117 cm³/mol. The van der Waals surface area contributed by atoms with Gasteiger partial charge in [0.15, 0.2) is 0 Å². The molecule has 0 saturated carbocycles. The van der Waals surface area contributed by atoms with E-state index in [9.17, 15) is 14.4 Å². The summed E-state index contributed by atoms with van der Waals surface area (Å²) < 4.78 is 5.59. The van der Waals surface area contributed by atoms with Gasteiger partial charge in [0, 0.05) is 30.7 Å². The quantitative estimate of drug-likeness (QED) is 0.540. The van der Waals surface area contributed by atoms with Gasteiger partial charge in [-0.3, -0.25) is 9.78 Å². The first-order valence-electron chi connectivity index (χ1n) is 10.5. The summed E-state index contributed by atoms with van der Waals surface area (Å²) >= 11 is 0. The van der Waals surface area contributed by atoms with Crippen LogP contribution in [0.5, 0.6) is 0 Å². The number of hydrogen-bond donors (Lipinski definition) is 0. The second-order valence-corrected chi connectivity index (χ2v) is 9.02. The smallest absolute Gasteiger partial charge is 0.421 e. The molecule has 31 heavy (non-hydrogen) atoms. The molecule has 0 unspecified atom stereocenters. The maximum absolute atomic E-state index is 14.2. The Morgan fingerprint density at radius 3 is 2.71 bits per heavy atom. The van der Waals surface area contributed by atoms with Crippen LogP contribution < -0.4 is 4.90 Å². The average Bonchev–Trinajstić information content (AvgIpc) is 2.98. The number of para-hydroxylation sites is 1. The van der Waals surface area contributed by atoms with Crippen LogP contribution in [-0.4, -0.2) is 28.9 Å². The Balaban J connectivity index is 1.94. The van der Waals surface area contributed by atoms with Crippen molar-refractivity contribution in [1.82, 2.24) is 4.98 Å². The molecule has 4 rings (SSSR count). The van der Waals surface area contributed by atoms with E-state index in [1.165, 1.54) is 0 Å². The van der Waals surface area contributed by atoms with Gasteiger partial charge in [-0.2, -0.15) is 0 Å². The number of pyridine rings is 1. The molecule has 1 aromatic carbocycles. The normalized spacial score (nSPS) is 24.9. The van der Waals surface area contributed by atoms with Crippen LogP contribution in [0.1, 0.15) is 50.7 Å². The number of nitrogens with zero attached hydrogens (tertiary/aromatic N) is 2. The molecule has 0 bridgehead atoms. The first-order chi connectivity index (χ1) is 14.8. The van der Waals surface area contributed by atoms with E-state index >= 15 is 0 Å². The molecule has 2 heterocycles. The molecule has 1 spiro atoms. The van der Waals surface area contributed by atoms with Crippen molar-refractivity contribution in [3.63, 3.8) is 0 Å². The summed E-state index contributed by atoms with van der Waals surface area (Å²) in [5.41, 5.74) is 0.320. The number of ether oxygens (including phenoxy) is 1. The molecule has 0 N–H and O–H groups in total. The Hall–Kier alpha value is -3.28. The van der Waals surface area contributed by atoms with Crippen molar-refractivity contribution in [2.24, 2.45) is 5.92 Å². The van der Waals surface area contributed by atoms with Crippen molar-refractivity contribution in [2.75, 3.05) is 4.90 Å². The summed E-state index contributed by atoms with van der Waals surface area (Å²) in [5, 5.41) is 0. The first-order valence-corrected chi connectivity index (χ1v) is 10.5. The molecular weight excluding hydrogens is 392 g/mol. The fourth-order valence-electron chi connectivity index (χ4n) is 4.94. The molecular formula is C25H26N2O4. The zero-order valence-electron chi connectivity index (χ0n) is 17.9. The highest BCUT2D eigenvalue weighted by Gasteiger charge is 2.61. The average molecular weight is 418 g/mol. The van der Waals surface area contributed by atoms with Crippen LogP contribution in [0.15, 0.2) is 60.9 Å². The van der Waals surface area contributed by atoms with E-state index in [-0.39, 0.29) is 24.2 Å². The lowest BCUT2D eigenvalue weighted by Crippen LogP contribution is -2.52. The number of hydrogen-bond acceptors (Lipinski definition) is 5. The molecule has 1 aliphatic carbocycles. The van der Waals surface area contributed by atoms with Crippen molar-refractivity contribution in [3.8, 4) is 0 Å². The minimum atomic E-state index is -1.09. The van der Waals surface area contributed by atoms with Crippen LogP contribution >= 0.6 is 0 Å². The SMILES string of the molecule is CC(C)(C)OC(=O)N1C(=O)[C@@]2(c3ccccc31)[C@@H](CC=O)C=CC[C@@H]2c1cccnc1. The molecule has 160 valence electrons. The summed E-state index contributed by atoms with van der Waals surface area (Å²) in [5.74, 6) is -1.00. The van der Waals surface area contributed by atoms with Crippen LogP contribution in [-0.2, 0) is 19.7 Å². The molecule has 2 amide bonds. The molecule has 0 radical (unpaired) electrons. The number of allylic oxidation sites excluding steroid dienone is 2. The van der Waals surface area contributed by atoms with Crippen molar-refractivity contribution < 1.29 is 19.1 Å². The Kier molecular flexibility index (Phi) is 5.25. The van der Waals surface area contributed by atoms with Crippen molar-refractivity contribution >= 4 is 24.0 Å². The Labute approximate surface area is 181 Å². The van der Waals surface area contributed by atoms with Gasteiger partial charge in [-0.05, 0) is 50.5 Å². The van der Waals surface area contributed by atoms with Crippen LogP contribution in [0, 0.1) is 5.92 Å². The number of fused-ring (bicyclic) bond motifs is 2. The van der Waals surface area contributed by atoms with Gasteiger partial charge in [0.1, 0.15) is 11.9 Å². The largest absolute Gasteiger partial charge is 0.443 e. The number of rotatable bonds is 3. The number of amides is 2. The maximum atomic E-state index is 14.2. The number of carbonyl (C=O) groups is 3. The molecule has 1 aromatic heterocycles. The van der Waals surface area contributed by atoms with Crippen molar-refractivity contribution in [3.05, 3.63) is 72.1 Å². The molecule has 0 fully saturated rings. The standard InChI is InChI=1S/C25H26N2O4/c1-24(2,3)31-23(30)27-21-12-5-4-10-20(21)25(22(27)29)18(13-15-28)9-6-11-19(25)17-8-7-14-26-16-17/h4-10,12,14-16,18-19H,11,13H2,1-3H3/t18-,19-,25+/m1/s1. The Morgan fingerprint density at radius 1 is 1.26 bits per heavy atom. The van der Waals surface area contributed by atoms with E-state index < -0.39 is 17.1 Å². The monoisotopic (exact) mass is 418 g/mol. The van der Waals surface area contributed by atoms with Gasteiger partial charge in [0.05, 0.1) is 11.1 Å². The van der Waals surface area contributed by atoms with Gasteiger partial charge in [-0.1, -0.05) is 36.4 Å². The molecule has 0 saturated heterocycles. The third-order valence-corrected chi connectivity index (χ3v) is 6.04. The summed E-state index contributed by atoms with van der Waals surface area (Å²) in [7, 11) is 0. The van der Waals surface area contributed by atoms with Gasteiger partial charge in [-0.15, -0.1) is 0 Å². The Bertz CT molecular complexity index is 1040. The lowest BCUT2D eigenvalue weighted by molar-refractivity contribution is -0.126. The highest BCUT2D eigenvalue weighted by atomic mass is 16.6. The van der Waals surface area contributed by atoms with Crippen LogP contribution in [0.2, 0.25) is 0 Å². The summed E-state index contributed by atoms with van der Waals surface area (Å²) in [6.07, 6.45) is 8.32. The summed E-state index contributed by atoms with van der Waals surface area (Å²) in [4.78, 5) is 44.4. The molecule has 1 aliphatic heterocycles. The second-order valence-electron chi connectivity index (χ2n) is 9.02. The predicted octanol–water partition coefficient (Wildman–Crippen LogP) is 4.55. The molecule has 3 atom stereocenters. The molecule has 2 aromatic rings. The Morgan fingerprint density at radius 2 is 2.03 bits per heavy atom. The maximum Gasteiger partial charge on any atom is 0.421 e. The second kappa shape index (κ2) is 7.76.